The molecular weight excluding hydrogens is 241 g/mol. The van der Waals surface area contributed by atoms with Gasteiger partial charge in [-0.25, -0.2) is 4.39 Å². The van der Waals surface area contributed by atoms with Gasteiger partial charge in [-0.2, -0.15) is 0 Å². The highest BCUT2D eigenvalue weighted by molar-refractivity contribution is 6.30. The molecule has 1 fully saturated rings. The van der Waals surface area contributed by atoms with Crippen LogP contribution < -0.4 is 5.32 Å². The van der Waals surface area contributed by atoms with Gasteiger partial charge in [0.15, 0.2) is 0 Å². The predicted molar refractivity (Wildman–Crippen MR) is 65.3 cm³/mol. The summed E-state index contributed by atoms with van der Waals surface area (Å²) in [6.07, 6.45) is 1.56. The molecule has 1 N–H and O–H groups in total. The quantitative estimate of drug-likeness (QED) is 0.883. The minimum Gasteiger partial charge on any atom is -0.346 e. The van der Waals surface area contributed by atoms with E-state index in [2.05, 4.69) is 5.32 Å². The molecular formula is C13H15ClFNO. The zero-order chi connectivity index (χ0) is 12.6. The van der Waals surface area contributed by atoms with E-state index in [1.54, 1.807) is 12.1 Å². The van der Waals surface area contributed by atoms with E-state index in [9.17, 15) is 9.18 Å². The zero-order valence-corrected chi connectivity index (χ0v) is 10.6. The van der Waals surface area contributed by atoms with Crippen molar-refractivity contribution in [3.05, 3.63) is 34.6 Å². The number of nitrogens with one attached hydrogen (secondary N) is 1. The highest BCUT2D eigenvalue weighted by Gasteiger charge is 2.47. The third-order valence-electron chi connectivity index (χ3n) is 3.08. The number of hydrogen-bond acceptors (Lipinski definition) is 1. The van der Waals surface area contributed by atoms with Gasteiger partial charge >= 0.3 is 0 Å². The molecule has 2 nitrogen and oxygen atoms in total. The van der Waals surface area contributed by atoms with Crippen molar-refractivity contribution in [2.24, 2.45) is 5.92 Å². The Morgan fingerprint density at radius 3 is 2.59 bits per heavy atom. The monoisotopic (exact) mass is 255 g/mol. The molecule has 0 radical (unpaired) electrons. The first-order valence-corrected chi connectivity index (χ1v) is 6.10. The highest BCUT2D eigenvalue weighted by atomic mass is 35.5. The second-order valence-corrected chi connectivity index (χ2v) is 5.29. The number of amides is 1. The Labute approximate surface area is 105 Å². The molecule has 0 spiro atoms. The van der Waals surface area contributed by atoms with Crippen molar-refractivity contribution in [2.75, 3.05) is 0 Å². The van der Waals surface area contributed by atoms with E-state index in [1.807, 2.05) is 13.8 Å². The molecule has 1 saturated carbocycles. The van der Waals surface area contributed by atoms with Crippen molar-refractivity contribution in [3.63, 3.8) is 0 Å². The van der Waals surface area contributed by atoms with Crippen LogP contribution in [0.3, 0.4) is 0 Å². The maximum atomic E-state index is 13.8. The summed E-state index contributed by atoms with van der Waals surface area (Å²) in [6.45, 7) is 3.65. The first-order valence-electron chi connectivity index (χ1n) is 5.72. The maximum absolute atomic E-state index is 13.8. The van der Waals surface area contributed by atoms with Crippen molar-refractivity contribution in [2.45, 2.75) is 32.2 Å². The van der Waals surface area contributed by atoms with Gasteiger partial charge < -0.3 is 5.32 Å². The van der Waals surface area contributed by atoms with Crippen molar-refractivity contribution in [3.8, 4) is 0 Å². The summed E-state index contributed by atoms with van der Waals surface area (Å²) in [7, 11) is 0. The molecule has 0 unspecified atom stereocenters. The molecule has 1 aliphatic rings. The van der Waals surface area contributed by atoms with Crippen molar-refractivity contribution in [1.29, 1.82) is 0 Å². The summed E-state index contributed by atoms with van der Waals surface area (Å²) in [5, 5.41) is 3.29. The van der Waals surface area contributed by atoms with E-state index < -0.39 is 5.54 Å². The molecule has 1 amide bonds. The van der Waals surface area contributed by atoms with Crippen LogP contribution in [-0.2, 0) is 10.3 Å². The van der Waals surface area contributed by atoms with Crippen LogP contribution in [0.2, 0.25) is 5.02 Å². The van der Waals surface area contributed by atoms with Crippen LogP contribution in [-0.4, -0.2) is 5.91 Å². The molecule has 0 aliphatic heterocycles. The fraction of sp³-hybridized carbons (Fsp3) is 0.462. The van der Waals surface area contributed by atoms with E-state index in [1.165, 1.54) is 6.07 Å². The normalized spacial score (nSPS) is 17.0. The second kappa shape index (κ2) is 4.30. The first kappa shape index (κ1) is 12.4. The summed E-state index contributed by atoms with van der Waals surface area (Å²) in [6, 6.07) is 4.60. The van der Waals surface area contributed by atoms with E-state index in [4.69, 9.17) is 11.6 Å². The summed E-state index contributed by atoms with van der Waals surface area (Å²) in [5.74, 6) is -0.487. The Hall–Kier alpha value is -1.09. The largest absolute Gasteiger partial charge is 0.346 e. The van der Waals surface area contributed by atoms with Gasteiger partial charge in [0.2, 0.25) is 5.91 Å². The summed E-state index contributed by atoms with van der Waals surface area (Å²) in [4.78, 5) is 11.7. The highest BCUT2D eigenvalue weighted by Crippen LogP contribution is 2.46. The van der Waals surface area contributed by atoms with Gasteiger partial charge in [0.05, 0.1) is 5.54 Å². The summed E-state index contributed by atoms with van der Waals surface area (Å²) < 4.78 is 13.8. The number of carbonyl (C=O) groups is 1. The Morgan fingerprint density at radius 1 is 1.47 bits per heavy atom. The van der Waals surface area contributed by atoms with Crippen molar-refractivity contribution < 1.29 is 9.18 Å². The lowest BCUT2D eigenvalue weighted by Crippen LogP contribution is -2.38. The first-order chi connectivity index (χ1) is 7.94. The minimum absolute atomic E-state index is 0.0446. The maximum Gasteiger partial charge on any atom is 0.223 e. The third kappa shape index (κ3) is 2.44. The van der Waals surface area contributed by atoms with Gasteiger partial charge in [-0.1, -0.05) is 31.5 Å². The lowest BCUT2D eigenvalue weighted by Gasteiger charge is -2.20. The fourth-order valence-corrected chi connectivity index (χ4v) is 2.00. The Kier molecular flexibility index (Phi) is 3.13. The van der Waals surface area contributed by atoms with Crippen LogP contribution in [0.15, 0.2) is 18.2 Å². The standard InChI is InChI=1S/C13H15ClFNO/c1-8(2)12(17)16-13(5-6-13)10-4-3-9(14)7-11(10)15/h3-4,7-8H,5-6H2,1-2H3,(H,16,17). The van der Waals surface area contributed by atoms with Crippen LogP contribution in [0.4, 0.5) is 4.39 Å². The van der Waals surface area contributed by atoms with Gasteiger partial charge in [0.1, 0.15) is 5.82 Å². The average Bonchev–Trinajstić information content (AvgIpc) is 2.98. The molecule has 17 heavy (non-hydrogen) atoms. The van der Waals surface area contributed by atoms with E-state index in [-0.39, 0.29) is 17.6 Å². The van der Waals surface area contributed by atoms with Crippen LogP contribution in [0.5, 0.6) is 0 Å². The second-order valence-electron chi connectivity index (χ2n) is 4.85. The lowest BCUT2D eigenvalue weighted by atomic mass is 10.0. The molecule has 0 heterocycles. The molecule has 1 aliphatic carbocycles. The number of halogens is 2. The van der Waals surface area contributed by atoms with E-state index >= 15 is 0 Å². The third-order valence-corrected chi connectivity index (χ3v) is 3.32. The number of benzene rings is 1. The van der Waals surface area contributed by atoms with Gasteiger partial charge in [-0.3, -0.25) is 4.79 Å². The van der Waals surface area contributed by atoms with E-state index in [0.717, 1.165) is 12.8 Å². The topological polar surface area (TPSA) is 29.1 Å². The van der Waals surface area contributed by atoms with Crippen LogP contribution >= 0.6 is 11.6 Å². The van der Waals surface area contributed by atoms with Crippen molar-refractivity contribution in [1.82, 2.24) is 5.32 Å². The van der Waals surface area contributed by atoms with Gasteiger partial charge in [-0.15, -0.1) is 0 Å². The number of carbonyl (C=O) groups excluding carboxylic acids is 1. The number of hydrogen-bond donors (Lipinski definition) is 1. The summed E-state index contributed by atoms with van der Waals surface area (Å²) >= 11 is 5.72. The smallest absolute Gasteiger partial charge is 0.223 e. The van der Waals surface area contributed by atoms with Crippen molar-refractivity contribution >= 4 is 17.5 Å². The van der Waals surface area contributed by atoms with E-state index in [0.29, 0.717) is 10.6 Å². The predicted octanol–water partition coefficient (Wildman–Crippen LogP) is 3.24. The molecule has 2 rings (SSSR count). The molecule has 92 valence electrons. The zero-order valence-electron chi connectivity index (χ0n) is 9.89. The molecule has 1 aromatic rings. The Balaban J connectivity index is 2.24. The Morgan fingerprint density at radius 2 is 2.12 bits per heavy atom. The van der Waals surface area contributed by atoms with Crippen LogP contribution in [0.1, 0.15) is 32.3 Å². The molecule has 0 saturated heterocycles. The lowest BCUT2D eigenvalue weighted by molar-refractivity contribution is -0.125. The molecule has 4 heteroatoms. The van der Waals surface area contributed by atoms with Crippen LogP contribution in [0.25, 0.3) is 0 Å². The average molecular weight is 256 g/mol. The fourth-order valence-electron chi connectivity index (χ4n) is 1.84. The number of rotatable bonds is 3. The van der Waals surface area contributed by atoms with Crippen LogP contribution in [0, 0.1) is 11.7 Å². The van der Waals surface area contributed by atoms with Gasteiger partial charge in [-0.05, 0) is 25.0 Å². The van der Waals surface area contributed by atoms with Gasteiger partial charge in [0.25, 0.3) is 0 Å². The summed E-state index contributed by atoms with van der Waals surface area (Å²) in [5.41, 5.74) is 0.0339. The molecule has 1 aromatic carbocycles. The molecule has 0 aromatic heterocycles. The van der Waals surface area contributed by atoms with Gasteiger partial charge in [0, 0.05) is 16.5 Å². The molecule has 0 atom stereocenters. The SMILES string of the molecule is CC(C)C(=O)NC1(c2ccc(Cl)cc2F)CC1. The minimum atomic E-state index is -0.504. The Bertz CT molecular complexity index is 455. The molecule has 0 bridgehead atoms.